The molecule has 0 unspecified atom stereocenters. The van der Waals surface area contributed by atoms with Crippen molar-refractivity contribution in [3.63, 3.8) is 0 Å². The first-order chi connectivity index (χ1) is 4.74. The van der Waals surface area contributed by atoms with E-state index in [0.717, 1.165) is 6.29 Å². The van der Waals surface area contributed by atoms with Gasteiger partial charge >= 0.3 is 29.6 Å². The van der Waals surface area contributed by atoms with Gasteiger partial charge in [0.05, 0.1) is 0 Å². The second-order valence-electron chi connectivity index (χ2n) is 1.94. The molecule has 0 saturated heterocycles. The minimum atomic E-state index is 0. The third kappa shape index (κ3) is 2.87. The van der Waals surface area contributed by atoms with Crippen molar-refractivity contribution >= 4 is 24.6 Å². The fraction of sp³-hybridized carbons (Fsp3) is 0. The Balaban J connectivity index is 0. The van der Waals surface area contributed by atoms with Crippen LogP contribution >= 0.6 is 12.6 Å². The minimum Gasteiger partial charge on any atom is -1.00 e. The fourth-order valence-corrected chi connectivity index (χ4v) is 0.785. The fourth-order valence-electron chi connectivity index (χ4n) is 0.646. The maximum absolute atomic E-state index is 10.2. The number of benzene rings is 1. The number of nitrogen functional groups attached to an aromatic ring is 1. The summed E-state index contributed by atoms with van der Waals surface area (Å²) in [5, 5.41) is 0. The van der Waals surface area contributed by atoms with E-state index in [1.165, 1.54) is 0 Å². The molecule has 1 aromatic carbocycles. The molecule has 2 nitrogen and oxygen atoms in total. The Hall–Kier alpha value is 0.0400. The van der Waals surface area contributed by atoms with Gasteiger partial charge < -0.3 is 7.16 Å². The molecule has 0 aromatic heterocycles. The summed E-state index contributed by atoms with van der Waals surface area (Å²) in [7, 11) is 0. The summed E-state index contributed by atoms with van der Waals surface area (Å²) in [5.74, 6) is 0. The van der Waals surface area contributed by atoms with E-state index < -0.39 is 0 Å². The van der Waals surface area contributed by atoms with Crippen LogP contribution in [0.15, 0.2) is 23.1 Å². The zero-order valence-electron chi connectivity index (χ0n) is 7.24. The number of aldehydes is 1. The first kappa shape index (κ1) is 11.0. The zero-order chi connectivity index (χ0) is 7.56. The number of carbonyl (C=O) groups is 1. The van der Waals surface area contributed by atoms with Crippen LogP contribution in [-0.2, 0) is 0 Å². The largest absolute Gasteiger partial charge is 1.00 e. The maximum atomic E-state index is 10.2. The first-order valence-electron chi connectivity index (χ1n) is 2.77. The Kier molecular flexibility index (Phi) is 4.84. The van der Waals surface area contributed by atoms with Gasteiger partial charge in [-0.1, -0.05) is 6.07 Å². The van der Waals surface area contributed by atoms with Gasteiger partial charge in [0.25, 0.3) is 0 Å². The standard InChI is InChI=1S/C7H7NOS.Na.H/c8-6-3-5(4-9)1-2-7(6)10;;/h1-4,10H,8H2;;/q;+1;-1. The number of anilines is 1. The first-order valence-corrected chi connectivity index (χ1v) is 3.22. The third-order valence-corrected chi connectivity index (χ3v) is 1.59. The summed E-state index contributed by atoms with van der Waals surface area (Å²) in [6, 6.07) is 4.96. The van der Waals surface area contributed by atoms with E-state index in [9.17, 15) is 4.79 Å². The van der Waals surface area contributed by atoms with E-state index in [2.05, 4.69) is 12.6 Å². The van der Waals surface area contributed by atoms with Gasteiger partial charge in [-0.05, 0) is 12.1 Å². The van der Waals surface area contributed by atoms with E-state index in [4.69, 9.17) is 5.73 Å². The van der Waals surface area contributed by atoms with Crippen LogP contribution in [0.3, 0.4) is 0 Å². The number of rotatable bonds is 1. The predicted molar refractivity (Wildman–Crippen MR) is 44.6 cm³/mol. The van der Waals surface area contributed by atoms with E-state index in [0.29, 0.717) is 16.1 Å². The molecule has 11 heavy (non-hydrogen) atoms. The van der Waals surface area contributed by atoms with Crippen molar-refractivity contribution in [3.05, 3.63) is 23.8 Å². The van der Waals surface area contributed by atoms with Crippen LogP contribution in [0.4, 0.5) is 5.69 Å². The molecule has 4 heteroatoms. The Bertz CT molecular complexity index is 270. The Morgan fingerprint density at radius 2 is 2.18 bits per heavy atom. The van der Waals surface area contributed by atoms with Gasteiger partial charge in [-0.2, -0.15) is 0 Å². The molecule has 2 N–H and O–H groups in total. The van der Waals surface area contributed by atoms with E-state index in [1.54, 1.807) is 18.2 Å². The summed E-state index contributed by atoms with van der Waals surface area (Å²) in [6.45, 7) is 0. The van der Waals surface area contributed by atoms with Crippen molar-refractivity contribution in [2.75, 3.05) is 5.73 Å². The second-order valence-corrected chi connectivity index (χ2v) is 2.42. The van der Waals surface area contributed by atoms with Crippen molar-refractivity contribution in [1.82, 2.24) is 0 Å². The molecule has 54 valence electrons. The zero-order valence-corrected chi connectivity index (χ0v) is 9.14. The molecule has 0 aliphatic heterocycles. The van der Waals surface area contributed by atoms with Gasteiger partial charge in [-0.25, -0.2) is 0 Å². The van der Waals surface area contributed by atoms with Gasteiger partial charge in [0.15, 0.2) is 0 Å². The van der Waals surface area contributed by atoms with Crippen molar-refractivity contribution in [2.45, 2.75) is 4.90 Å². The molecule has 1 aromatic rings. The summed E-state index contributed by atoms with van der Waals surface area (Å²) in [4.78, 5) is 10.9. The monoisotopic (exact) mass is 177 g/mol. The van der Waals surface area contributed by atoms with Crippen molar-refractivity contribution in [1.29, 1.82) is 0 Å². The van der Waals surface area contributed by atoms with Crippen LogP contribution in [0, 0.1) is 0 Å². The normalized spacial score (nSPS) is 8.45. The quantitative estimate of drug-likeness (QED) is 0.237. The average molecular weight is 177 g/mol. The molecule has 0 heterocycles. The van der Waals surface area contributed by atoms with Crippen molar-refractivity contribution < 1.29 is 35.8 Å². The van der Waals surface area contributed by atoms with Crippen LogP contribution in [0.25, 0.3) is 0 Å². The smallest absolute Gasteiger partial charge is 1.00 e. The SMILES string of the molecule is Nc1cc(C=O)ccc1S.[H-].[Na+]. The molecule has 0 fully saturated rings. The van der Waals surface area contributed by atoms with Gasteiger partial charge in [-0.3, -0.25) is 4.79 Å². The second kappa shape index (κ2) is 4.83. The summed E-state index contributed by atoms with van der Waals surface area (Å²) < 4.78 is 0. The van der Waals surface area contributed by atoms with E-state index in [-0.39, 0.29) is 31.0 Å². The van der Waals surface area contributed by atoms with Gasteiger partial charge in [0, 0.05) is 16.1 Å². The predicted octanol–water partition coefficient (Wildman–Crippen LogP) is -1.51. The van der Waals surface area contributed by atoms with Crippen molar-refractivity contribution in [3.8, 4) is 0 Å². The molecular formula is C7H8NNaOS. The maximum Gasteiger partial charge on any atom is 1.00 e. The Morgan fingerprint density at radius 3 is 2.64 bits per heavy atom. The van der Waals surface area contributed by atoms with Gasteiger partial charge in [0.2, 0.25) is 0 Å². The summed E-state index contributed by atoms with van der Waals surface area (Å²) in [6.07, 6.45) is 0.754. The van der Waals surface area contributed by atoms with E-state index in [1.807, 2.05) is 0 Å². The molecule has 0 saturated carbocycles. The Morgan fingerprint density at radius 1 is 1.55 bits per heavy atom. The van der Waals surface area contributed by atoms with Crippen LogP contribution in [0.2, 0.25) is 0 Å². The molecule has 0 atom stereocenters. The molecule has 0 aliphatic carbocycles. The molecular weight excluding hydrogens is 169 g/mol. The molecule has 1 rings (SSSR count). The number of thiol groups is 1. The van der Waals surface area contributed by atoms with Crippen LogP contribution in [-0.4, -0.2) is 6.29 Å². The van der Waals surface area contributed by atoms with Gasteiger partial charge in [0.1, 0.15) is 6.29 Å². The van der Waals surface area contributed by atoms with Crippen LogP contribution < -0.4 is 35.3 Å². The van der Waals surface area contributed by atoms with Crippen LogP contribution in [0.5, 0.6) is 0 Å². The topological polar surface area (TPSA) is 43.1 Å². The summed E-state index contributed by atoms with van der Waals surface area (Å²) in [5.41, 5.74) is 6.58. The molecule has 0 amide bonds. The number of carbonyl (C=O) groups excluding carboxylic acids is 1. The third-order valence-electron chi connectivity index (χ3n) is 1.19. The molecule has 0 aliphatic rings. The average Bonchev–Trinajstić information content (AvgIpc) is 1.95. The number of hydrogen-bond acceptors (Lipinski definition) is 3. The van der Waals surface area contributed by atoms with Crippen molar-refractivity contribution in [2.24, 2.45) is 0 Å². The van der Waals surface area contributed by atoms with Gasteiger partial charge in [-0.15, -0.1) is 12.6 Å². The minimum absolute atomic E-state index is 0. The van der Waals surface area contributed by atoms with Crippen LogP contribution in [0.1, 0.15) is 11.8 Å². The summed E-state index contributed by atoms with van der Waals surface area (Å²) >= 11 is 4.04. The number of nitrogens with two attached hydrogens (primary N) is 1. The molecule has 0 radical (unpaired) electrons. The Labute approximate surface area is 94.4 Å². The molecule has 0 spiro atoms. The van der Waals surface area contributed by atoms with E-state index >= 15 is 0 Å². The molecule has 0 bridgehead atoms. The number of hydrogen-bond donors (Lipinski definition) is 2.